The summed E-state index contributed by atoms with van der Waals surface area (Å²) in [6.45, 7) is 0.472. The second kappa shape index (κ2) is 8.90. The predicted molar refractivity (Wildman–Crippen MR) is 114 cm³/mol. The SMILES string of the molecule is N=C(N)c1ccc(NCC#Cc2ccc(C(=O)c3ccccc3Cl)cc2)cc1. The lowest BCUT2D eigenvalue weighted by atomic mass is 10.0. The van der Waals surface area contributed by atoms with Crippen molar-refractivity contribution in [2.24, 2.45) is 5.73 Å². The third kappa shape index (κ3) is 4.79. The number of halogens is 1. The molecule has 0 bridgehead atoms. The highest BCUT2D eigenvalue weighted by atomic mass is 35.5. The van der Waals surface area contributed by atoms with Crippen molar-refractivity contribution in [1.29, 1.82) is 5.41 Å². The minimum Gasteiger partial charge on any atom is -0.384 e. The number of hydrogen-bond acceptors (Lipinski definition) is 3. The van der Waals surface area contributed by atoms with Crippen LogP contribution < -0.4 is 11.1 Å². The van der Waals surface area contributed by atoms with Crippen molar-refractivity contribution in [3.05, 3.63) is 100 Å². The van der Waals surface area contributed by atoms with Crippen LogP contribution in [-0.4, -0.2) is 18.2 Å². The Kier molecular flexibility index (Phi) is 6.11. The minimum absolute atomic E-state index is 0.0443. The van der Waals surface area contributed by atoms with Crippen molar-refractivity contribution in [3.8, 4) is 11.8 Å². The molecule has 0 aromatic heterocycles. The van der Waals surface area contributed by atoms with Gasteiger partial charge in [-0.05, 0) is 60.7 Å². The molecule has 0 aliphatic carbocycles. The first kappa shape index (κ1) is 19.2. The number of carbonyl (C=O) groups excluding carboxylic acids is 1. The first-order valence-electron chi connectivity index (χ1n) is 8.61. The molecular weight excluding hydrogens is 370 g/mol. The number of carbonyl (C=O) groups is 1. The van der Waals surface area contributed by atoms with E-state index in [4.69, 9.17) is 22.7 Å². The summed E-state index contributed by atoms with van der Waals surface area (Å²) in [5.74, 6) is 6.03. The Labute approximate surface area is 168 Å². The van der Waals surface area contributed by atoms with Gasteiger partial charge in [0.2, 0.25) is 0 Å². The fourth-order valence-electron chi connectivity index (χ4n) is 2.57. The molecule has 0 unspecified atom stereocenters. The number of nitrogen functional groups attached to an aromatic ring is 1. The molecule has 4 nitrogen and oxygen atoms in total. The van der Waals surface area contributed by atoms with Crippen LogP contribution in [0.1, 0.15) is 27.0 Å². The second-order valence-electron chi connectivity index (χ2n) is 6.03. The molecule has 0 amide bonds. The topological polar surface area (TPSA) is 79.0 Å². The molecule has 0 heterocycles. The zero-order valence-electron chi connectivity index (χ0n) is 15.0. The largest absolute Gasteiger partial charge is 0.384 e. The highest BCUT2D eigenvalue weighted by Crippen LogP contribution is 2.19. The summed E-state index contributed by atoms with van der Waals surface area (Å²) in [5.41, 5.74) is 8.90. The van der Waals surface area contributed by atoms with E-state index in [1.165, 1.54) is 0 Å². The van der Waals surface area contributed by atoms with Gasteiger partial charge in [0, 0.05) is 27.9 Å². The first-order chi connectivity index (χ1) is 13.5. The van der Waals surface area contributed by atoms with Gasteiger partial charge in [0.05, 0.1) is 11.6 Å². The molecule has 4 N–H and O–H groups in total. The monoisotopic (exact) mass is 387 g/mol. The third-order valence-corrected chi connectivity index (χ3v) is 4.40. The summed E-state index contributed by atoms with van der Waals surface area (Å²) in [6, 6.07) is 21.4. The molecule has 3 rings (SSSR count). The lowest BCUT2D eigenvalue weighted by molar-refractivity contribution is 0.103. The molecular formula is C23H18ClN3O. The maximum absolute atomic E-state index is 12.5. The van der Waals surface area contributed by atoms with Crippen LogP contribution in [0, 0.1) is 17.3 Å². The number of nitrogens with two attached hydrogens (primary N) is 1. The van der Waals surface area contributed by atoms with E-state index in [-0.39, 0.29) is 11.6 Å². The van der Waals surface area contributed by atoms with Gasteiger partial charge in [0.25, 0.3) is 0 Å². The van der Waals surface area contributed by atoms with Crippen molar-refractivity contribution < 1.29 is 4.79 Å². The summed E-state index contributed by atoms with van der Waals surface area (Å²) in [5, 5.41) is 11.0. The van der Waals surface area contributed by atoms with Crippen molar-refractivity contribution >= 4 is 28.9 Å². The Balaban J connectivity index is 1.60. The standard InChI is InChI=1S/C23H18ClN3O/c24-21-6-2-1-5-20(21)22(28)17-9-7-16(8-10-17)4-3-15-27-19-13-11-18(12-14-19)23(25)26/h1-2,5-14,27H,15H2,(H3,25,26). The van der Waals surface area contributed by atoms with Gasteiger partial charge in [-0.3, -0.25) is 10.2 Å². The van der Waals surface area contributed by atoms with Crippen LogP contribution in [-0.2, 0) is 0 Å². The Morgan fingerprint density at radius 1 is 0.964 bits per heavy atom. The summed E-state index contributed by atoms with van der Waals surface area (Å²) in [6.07, 6.45) is 0. The molecule has 28 heavy (non-hydrogen) atoms. The molecule has 138 valence electrons. The van der Waals surface area contributed by atoms with Crippen LogP contribution in [0.4, 0.5) is 5.69 Å². The second-order valence-corrected chi connectivity index (χ2v) is 6.44. The van der Waals surface area contributed by atoms with E-state index >= 15 is 0 Å². The molecule has 0 fully saturated rings. The summed E-state index contributed by atoms with van der Waals surface area (Å²) < 4.78 is 0. The van der Waals surface area contributed by atoms with E-state index < -0.39 is 0 Å². The molecule has 0 saturated heterocycles. The Hall–Kier alpha value is -3.55. The molecule has 0 atom stereocenters. The molecule has 0 radical (unpaired) electrons. The van der Waals surface area contributed by atoms with Gasteiger partial charge in [0.1, 0.15) is 5.84 Å². The lowest BCUT2D eigenvalue weighted by Gasteiger charge is -2.04. The molecule has 5 heteroatoms. The number of amidine groups is 1. The zero-order chi connectivity index (χ0) is 19.9. The number of nitrogens with one attached hydrogen (secondary N) is 2. The quantitative estimate of drug-likeness (QED) is 0.264. The fraction of sp³-hybridized carbons (Fsp3) is 0.0435. The summed E-state index contributed by atoms with van der Waals surface area (Å²) in [7, 11) is 0. The van der Waals surface area contributed by atoms with Crippen LogP contribution in [0.15, 0.2) is 72.8 Å². The predicted octanol–water partition coefficient (Wildman–Crippen LogP) is 4.32. The molecule has 0 aliphatic heterocycles. The highest BCUT2D eigenvalue weighted by Gasteiger charge is 2.11. The van der Waals surface area contributed by atoms with Gasteiger partial charge < -0.3 is 11.1 Å². The summed E-state index contributed by atoms with van der Waals surface area (Å²) >= 11 is 6.09. The van der Waals surface area contributed by atoms with Crippen molar-refractivity contribution in [2.75, 3.05) is 11.9 Å². The number of benzene rings is 3. The van der Waals surface area contributed by atoms with Crippen LogP contribution >= 0.6 is 11.6 Å². The van der Waals surface area contributed by atoms with Gasteiger partial charge in [-0.2, -0.15) is 0 Å². The van der Waals surface area contributed by atoms with Gasteiger partial charge in [-0.25, -0.2) is 0 Å². The van der Waals surface area contributed by atoms with E-state index in [2.05, 4.69) is 17.2 Å². The van der Waals surface area contributed by atoms with Gasteiger partial charge >= 0.3 is 0 Å². The normalized spacial score (nSPS) is 9.89. The Morgan fingerprint density at radius 3 is 2.25 bits per heavy atom. The van der Waals surface area contributed by atoms with E-state index in [0.29, 0.717) is 28.3 Å². The molecule has 0 spiro atoms. The minimum atomic E-state index is -0.110. The maximum Gasteiger partial charge on any atom is 0.194 e. The number of anilines is 1. The van der Waals surface area contributed by atoms with E-state index in [1.54, 1.807) is 48.5 Å². The third-order valence-electron chi connectivity index (χ3n) is 4.08. The number of hydrogen-bond donors (Lipinski definition) is 3. The maximum atomic E-state index is 12.5. The summed E-state index contributed by atoms with van der Waals surface area (Å²) in [4.78, 5) is 12.5. The van der Waals surface area contributed by atoms with Gasteiger partial charge in [-0.15, -0.1) is 0 Å². The van der Waals surface area contributed by atoms with Crippen LogP contribution in [0.3, 0.4) is 0 Å². The molecule has 3 aromatic rings. The van der Waals surface area contributed by atoms with Crippen molar-refractivity contribution in [1.82, 2.24) is 0 Å². The average molecular weight is 388 g/mol. The Morgan fingerprint density at radius 2 is 1.61 bits per heavy atom. The smallest absolute Gasteiger partial charge is 0.194 e. The average Bonchev–Trinajstić information content (AvgIpc) is 2.72. The molecule has 0 saturated carbocycles. The molecule has 0 aliphatic rings. The number of ketones is 1. The van der Waals surface area contributed by atoms with E-state index in [0.717, 1.165) is 11.3 Å². The zero-order valence-corrected chi connectivity index (χ0v) is 15.8. The van der Waals surface area contributed by atoms with Gasteiger partial charge in [0.15, 0.2) is 5.78 Å². The van der Waals surface area contributed by atoms with Crippen LogP contribution in [0.2, 0.25) is 5.02 Å². The van der Waals surface area contributed by atoms with E-state index in [9.17, 15) is 4.79 Å². The Bertz CT molecular complexity index is 1060. The van der Waals surface area contributed by atoms with Crippen molar-refractivity contribution in [3.63, 3.8) is 0 Å². The fourth-order valence-corrected chi connectivity index (χ4v) is 2.79. The van der Waals surface area contributed by atoms with Crippen molar-refractivity contribution in [2.45, 2.75) is 0 Å². The lowest BCUT2D eigenvalue weighted by Crippen LogP contribution is -2.10. The molecule has 3 aromatic carbocycles. The number of rotatable bonds is 5. The van der Waals surface area contributed by atoms with Crippen LogP contribution in [0.5, 0.6) is 0 Å². The van der Waals surface area contributed by atoms with Crippen LogP contribution in [0.25, 0.3) is 0 Å². The highest BCUT2D eigenvalue weighted by molar-refractivity contribution is 6.34. The van der Waals surface area contributed by atoms with E-state index in [1.807, 2.05) is 24.3 Å². The van der Waals surface area contributed by atoms with Gasteiger partial charge in [-0.1, -0.05) is 35.6 Å². The first-order valence-corrected chi connectivity index (χ1v) is 8.99.